The predicted molar refractivity (Wildman–Crippen MR) is 93.5 cm³/mol. The molecule has 0 fully saturated rings. The monoisotopic (exact) mass is 474 g/mol. The summed E-state index contributed by atoms with van der Waals surface area (Å²) in [6.07, 6.45) is -6.73. The molecule has 0 aliphatic heterocycles. The Balaban J connectivity index is -0.000000403. The summed E-state index contributed by atoms with van der Waals surface area (Å²) in [4.78, 5) is 69.6. The summed E-state index contributed by atoms with van der Waals surface area (Å²) in [6, 6.07) is 0. The van der Waals surface area contributed by atoms with Crippen LogP contribution in [-0.4, -0.2) is 111 Å². The fraction of sp³-hybridized carbons (Fsp3) is 0.533. The van der Waals surface area contributed by atoms with Crippen molar-refractivity contribution in [2.75, 3.05) is 0 Å². The van der Waals surface area contributed by atoms with E-state index in [0.717, 1.165) is 0 Å². The molecular formula is C15H22O17. The number of hydrogen-bond donors (Lipinski definition) is 10. The van der Waals surface area contributed by atoms with Crippen LogP contribution in [-0.2, 0) is 33.6 Å². The van der Waals surface area contributed by atoms with E-state index < -0.39 is 72.4 Å². The van der Waals surface area contributed by atoms with Gasteiger partial charge in [-0.1, -0.05) is 0 Å². The molecule has 0 bridgehead atoms. The highest BCUT2D eigenvalue weighted by molar-refractivity contribution is 5.88. The standard InChI is InChI=1S/C6H8O7.C5H8O4.C4H6O6/c7-3(8)1-6(13,5(11)12)2-4(9)10;6-4(7)2-1-3-5(8)9;5-1(3(7)8)2(6)4(9)10/h13H,1-2H2,(H,7,8)(H,9,10)(H,11,12);1-3H2,(H,6,7)(H,8,9);1-2,5-6H,(H,7,8)(H,9,10). The van der Waals surface area contributed by atoms with Crippen LogP contribution >= 0.6 is 0 Å². The van der Waals surface area contributed by atoms with Crippen molar-refractivity contribution < 1.29 is 84.6 Å². The summed E-state index contributed by atoms with van der Waals surface area (Å²) >= 11 is 0. The van der Waals surface area contributed by atoms with Crippen LogP contribution in [0.2, 0.25) is 0 Å². The molecule has 0 rings (SSSR count). The number of carboxylic acids is 7. The lowest BCUT2D eigenvalue weighted by atomic mass is 9.96. The minimum Gasteiger partial charge on any atom is -0.481 e. The normalized spacial score (nSPS) is 11.8. The second-order valence-corrected chi connectivity index (χ2v) is 5.68. The molecule has 2 atom stereocenters. The van der Waals surface area contributed by atoms with Crippen molar-refractivity contribution in [2.45, 2.75) is 49.9 Å². The fourth-order valence-corrected chi connectivity index (χ4v) is 1.38. The summed E-state index contributed by atoms with van der Waals surface area (Å²) < 4.78 is 0. The van der Waals surface area contributed by atoms with Gasteiger partial charge >= 0.3 is 41.8 Å². The molecule has 10 N–H and O–H groups in total. The summed E-state index contributed by atoms with van der Waals surface area (Å²) in [5, 5.41) is 82.4. The van der Waals surface area contributed by atoms with E-state index in [1.165, 1.54) is 0 Å². The van der Waals surface area contributed by atoms with Gasteiger partial charge in [0.2, 0.25) is 0 Å². The number of aliphatic hydroxyl groups excluding tert-OH is 2. The van der Waals surface area contributed by atoms with Gasteiger partial charge in [0.25, 0.3) is 0 Å². The summed E-state index contributed by atoms with van der Waals surface area (Å²) in [5.74, 6) is -10.5. The molecule has 0 saturated carbocycles. The third-order valence-electron chi connectivity index (χ3n) is 2.87. The van der Waals surface area contributed by atoms with E-state index in [9.17, 15) is 33.6 Å². The molecule has 184 valence electrons. The number of aliphatic hydroxyl groups is 3. The molecule has 0 aliphatic carbocycles. The quantitative estimate of drug-likeness (QED) is 0.134. The van der Waals surface area contributed by atoms with E-state index in [0.29, 0.717) is 0 Å². The maximum absolute atomic E-state index is 10.3. The van der Waals surface area contributed by atoms with Crippen LogP contribution in [0, 0.1) is 0 Å². The Morgan fingerprint density at radius 2 is 0.844 bits per heavy atom. The van der Waals surface area contributed by atoms with Crippen LogP contribution < -0.4 is 0 Å². The van der Waals surface area contributed by atoms with Gasteiger partial charge in [-0.3, -0.25) is 19.2 Å². The lowest BCUT2D eigenvalue weighted by Gasteiger charge is -2.18. The number of aliphatic carboxylic acids is 7. The number of carboxylic acid groups (broad SMARTS) is 7. The van der Waals surface area contributed by atoms with Gasteiger partial charge in [0.1, 0.15) is 0 Å². The van der Waals surface area contributed by atoms with Crippen molar-refractivity contribution in [3.8, 4) is 0 Å². The topological polar surface area (TPSA) is 322 Å². The predicted octanol–water partition coefficient (Wildman–Crippen LogP) is -3.05. The molecule has 0 radical (unpaired) electrons. The maximum Gasteiger partial charge on any atom is 0.336 e. The fourth-order valence-electron chi connectivity index (χ4n) is 1.38. The SMILES string of the molecule is O=C(O)C(O)C(O)C(=O)O.O=C(O)CC(O)(CC(=O)O)C(=O)O.O=C(O)CCCC(=O)O. The van der Waals surface area contributed by atoms with E-state index >= 15 is 0 Å². The van der Waals surface area contributed by atoms with Crippen LogP contribution in [0.5, 0.6) is 0 Å². The van der Waals surface area contributed by atoms with E-state index in [1.54, 1.807) is 0 Å². The molecule has 0 spiro atoms. The molecule has 0 saturated heterocycles. The zero-order valence-corrected chi connectivity index (χ0v) is 16.0. The van der Waals surface area contributed by atoms with Gasteiger partial charge in [-0.15, -0.1) is 0 Å². The van der Waals surface area contributed by atoms with Crippen LogP contribution in [0.25, 0.3) is 0 Å². The molecule has 17 heteroatoms. The summed E-state index contributed by atoms with van der Waals surface area (Å²) in [7, 11) is 0. The number of rotatable bonds is 12. The molecule has 0 aromatic carbocycles. The van der Waals surface area contributed by atoms with E-state index in [4.69, 9.17) is 51.1 Å². The lowest BCUT2D eigenvalue weighted by molar-refractivity contribution is -0.170. The van der Waals surface area contributed by atoms with Gasteiger partial charge < -0.3 is 51.1 Å². The highest BCUT2D eigenvalue weighted by Crippen LogP contribution is 2.15. The highest BCUT2D eigenvalue weighted by Gasteiger charge is 2.40. The zero-order chi connectivity index (χ0) is 26.2. The van der Waals surface area contributed by atoms with Gasteiger partial charge in [0.15, 0.2) is 17.8 Å². The molecular weight excluding hydrogens is 452 g/mol. The van der Waals surface area contributed by atoms with Crippen molar-refractivity contribution >= 4 is 41.8 Å². The summed E-state index contributed by atoms with van der Waals surface area (Å²) in [6.45, 7) is 0. The second kappa shape index (κ2) is 15.9. The molecule has 32 heavy (non-hydrogen) atoms. The third-order valence-corrected chi connectivity index (χ3v) is 2.87. The first-order valence-electron chi connectivity index (χ1n) is 8.02. The molecule has 0 heterocycles. The molecule has 0 aromatic rings. The van der Waals surface area contributed by atoms with Crippen molar-refractivity contribution in [3.05, 3.63) is 0 Å². The van der Waals surface area contributed by atoms with Crippen LogP contribution in [0.15, 0.2) is 0 Å². The first-order valence-corrected chi connectivity index (χ1v) is 8.02. The molecule has 0 aromatic heterocycles. The van der Waals surface area contributed by atoms with Gasteiger partial charge in [-0.2, -0.15) is 0 Å². The minimum atomic E-state index is -2.74. The molecule has 17 nitrogen and oxygen atoms in total. The van der Waals surface area contributed by atoms with Gasteiger partial charge in [-0.05, 0) is 6.42 Å². The first kappa shape index (κ1) is 32.8. The Kier molecular flexibility index (Phi) is 16.3. The van der Waals surface area contributed by atoms with Crippen molar-refractivity contribution in [1.29, 1.82) is 0 Å². The van der Waals surface area contributed by atoms with Crippen LogP contribution in [0.4, 0.5) is 0 Å². The maximum atomic E-state index is 10.3. The van der Waals surface area contributed by atoms with Crippen LogP contribution in [0.1, 0.15) is 32.1 Å². The van der Waals surface area contributed by atoms with Gasteiger partial charge in [-0.25, -0.2) is 14.4 Å². The first-order chi connectivity index (χ1) is 14.4. The largest absolute Gasteiger partial charge is 0.481 e. The second-order valence-electron chi connectivity index (χ2n) is 5.68. The summed E-state index contributed by atoms with van der Waals surface area (Å²) in [5.41, 5.74) is -2.74. The van der Waals surface area contributed by atoms with Crippen molar-refractivity contribution in [1.82, 2.24) is 0 Å². The Hall–Kier alpha value is -3.83. The third kappa shape index (κ3) is 18.2. The van der Waals surface area contributed by atoms with Crippen molar-refractivity contribution in [2.24, 2.45) is 0 Å². The Labute approximate surface area is 177 Å². The Bertz CT molecular complexity index is 648. The molecule has 0 aliphatic rings. The Morgan fingerprint density at radius 1 is 0.562 bits per heavy atom. The lowest BCUT2D eigenvalue weighted by Crippen LogP contribution is -2.42. The van der Waals surface area contributed by atoms with E-state index in [-0.39, 0.29) is 19.3 Å². The smallest absolute Gasteiger partial charge is 0.336 e. The molecule has 0 amide bonds. The zero-order valence-electron chi connectivity index (χ0n) is 16.0. The average Bonchev–Trinajstić information content (AvgIpc) is 2.59. The van der Waals surface area contributed by atoms with Crippen molar-refractivity contribution in [3.63, 3.8) is 0 Å². The van der Waals surface area contributed by atoms with Gasteiger partial charge in [0, 0.05) is 12.8 Å². The number of carbonyl (C=O) groups is 7. The van der Waals surface area contributed by atoms with Crippen LogP contribution in [0.3, 0.4) is 0 Å². The Morgan fingerprint density at radius 3 is 1.00 bits per heavy atom. The average molecular weight is 474 g/mol. The van der Waals surface area contributed by atoms with E-state index in [1.807, 2.05) is 0 Å². The van der Waals surface area contributed by atoms with E-state index in [2.05, 4.69) is 0 Å². The molecule has 2 unspecified atom stereocenters. The van der Waals surface area contributed by atoms with Gasteiger partial charge in [0.05, 0.1) is 12.8 Å². The highest BCUT2D eigenvalue weighted by atomic mass is 16.4. The minimum absolute atomic E-state index is 0.0632. The number of hydrogen-bond acceptors (Lipinski definition) is 10.